The zero-order valence-electron chi connectivity index (χ0n) is 9.81. The highest BCUT2D eigenvalue weighted by Gasteiger charge is 2.12. The molecule has 0 bridgehead atoms. The van der Waals surface area contributed by atoms with Gasteiger partial charge in [0.05, 0.1) is 6.04 Å². The molecular formula is C10H11Cl2N5S. The van der Waals surface area contributed by atoms with Crippen LogP contribution in [0, 0.1) is 0 Å². The third-order valence-corrected chi connectivity index (χ3v) is 3.88. The molecule has 2 rings (SSSR count). The third-order valence-electron chi connectivity index (χ3n) is 2.22. The van der Waals surface area contributed by atoms with E-state index in [4.69, 9.17) is 23.2 Å². The van der Waals surface area contributed by atoms with Crippen molar-refractivity contribution in [2.45, 2.75) is 26.3 Å². The zero-order chi connectivity index (χ0) is 13.1. The quantitative estimate of drug-likeness (QED) is 0.938. The van der Waals surface area contributed by atoms with Gasteiger partial charge in [0.25, 0.3) is 0 Å². The lowest BCUT2D eigenvalue weighted by Crippen LogP contribution is -2.09. The van der Waals surface area contributed by atoms with Crippen molar-refractivity contribution in [1.82, 2.24) is 19.9 Å². The van der Waals surface area contributed by atoms with E-state index in [0.29, 0.717) is 5.95 Å². The first-order valence-electron chi connectivity index (χ1n) is 5.36. The van der Waals surface area contributed by atoms with Crippen LogP contribution in [0.3, 0.4) is 0 Å². The summed E-state index contributed by atoms with van der Waals surface area (Å²) >= 11 is 13.1. The molecule has 1 N–H and O–H groups in total. The summed E-state index contributed by atoms with van der Waals surface area (Å²) in [5.74, 6) is 0.348. The van der Waals surface area contributed by atoms with Crippen LogP contribution in [0.25, 0.3) is 0 Å². The molecule has 0 saturated carbocycles. The molecular weight excluding hydrogens is 293 g/mol. The summed E-state index contributed by atoms with van der Waals surface area (Å²) in [6.07, 6.45) is 2.86. The van der Waals surface area contributed by atoms with Crippen molar-refractivity contribution in [3.05, 3.63) is 26.6 Å². The number of nitrogens with one attached hydrogen (secondary N) is 1. The molecule has 0 aliphatic heterocycles. The van der Waals surface area contributed by atoms with Crippen molar-refractivity contribution >= 4 is 40.5 Å². The summed E-state index contributed by atoms with van der Waals surface area (Å²) in [4.78, 5) is 17.2. The van der Waals surface area contributed by atoms with E-state index in [0.717, 1.165) is 11.4 Å². The molecule has 1 atom stereocenters. The SMILES string of the molecule is CCc1cnc(C(C)Nc2nc(Cl)nc(Cl)n2)s1. The molecule has 1 unspecified atom stereocenters. The topological polar surface area (TPSA) is 63.6 Å². The smallest absolute Gasteiger partial charge is 0.228 e. The second-order valence-corrected chi connectivity index (χ2v) is 5.40. The minimum atomic E-state index is -0.00941. The average Bonchev–Trinajstić information content (AvgIpc) is 2.75. The molecule has 0 spiro atoms. The Balaban J connectivity index is 2.12. The van der Waals surface area contributed by atoms with Crippen LogP contribution >= 0.6 is 34.5 Å². The molecule has 0 amide bonds. The van der Waals surface area contributed by atoms with Gasteiger partial charge < -0.3 is 5.32 Å². The van der Waals surface area contributed by atoms with Gasteiger partial charge in [0.2, 0.25) is 16.5 Å². The number of thiazole rings is 1. The molecule has 5 nitrogen and oxygen atoms in total. The second kappa shape index (κ2) is 5.77. The first-order valence-corrected chi connectivity index (χ1v) is 6.94. The van der Waals surface area contributed by atoms with Crippen LogP contribution in [0.2, 0.25) is 10.6 Å². The highest BCUT2D eigenvalue weighted by atomic mass is 35.5. The second-order valence-electron chi connectivity index (χ2n) is 3.58. The van der Waals surface area contributed by atoms with Crippen LogP contribution in [0.5, 0.6) is 0 Å². The normalized spacial score (nSPS) is 12.4. The third kappa shape index (κ3) is 3.28. The molecule has 96 valence electrons. The molecule has 0 aliphatic carbocycles. The average molecular weight is 304 g/mol. The Morgan fingerprint density at radius 1 is 1.28 bits per heavy atom. The van der Waals surface area contributed by atoms with Crippen LogP contribution in [-0.4, -0.2) is 19.9 Å². The first-order chi connectivity index (χ1) is 8.58. The maximum Gasteiger partial charge on any atom is 0.228 e. The van der Waals surface area contributed by atoms with E-state index in [1.807, 2.05) is 13.1 Å². The molecule has 0 saturated heterocycles. The fourth-order valence-corrected chi connectivity index (χ4v) is 2.56. The van der Waals surface area contributed by atoms with E-state index in [-0.39, 0.29) is 16.6 Å². The lowest BCUT2D eigenvalue weighted by molar-refractivity contribution is 0.842. The summed E-state index contributed by atoms with van der Waals surface area (Å²) in [5.41, 5.74) is 0. The van der Waals surface area contributed by atoms with Gasteiger partial charge in [0.1, 0.15) is 5.01 Å². The van der Waals surface area contributed by atoms with Crippen LogP contribution in [0.1, 0.15) is 29.8 Å². The molecule has 0 radical (unpaired) electrons. The lowest BCUT2D eigenvalue weighted by Gasteiger charge is -2.10. The summed E-state index contributed by atoms with van der Waals surface area (Å²) in [7, 11) is 0. The fraction of sp³-hybridized carbons (Fsp3) is 0.400. The monoisotopic (exact) mass is 303 g/mol. The molecule has 2 aromatic heterocycles. The van der Waals surface area contributed by atoms with E-state index in [1.54, 1.807) is 11.3 Å². The fourth-order valence-electron chi connectivity index (χ4n) is 1.33. The number of hydrogen-bond acceptors (Lipinski definition) is 6. The Kier molecular flexibility index (Phi) is 4.31. The number of nitrogens with zero attached hydrogens (tertiary/aromatic N) is 4. The van der Waals surface area contributed by atoms with Gasteiger partial charge in [0, 0.05) is 11.1 Å². The van der Waals surface area contributed by atoms with Gasteiger partial charge in [-0.15, -0.1) is 11.3 Å². The van der Waals surface area contributed by atoms with Gasteiger partial charge in [-0.1, -0.05) is 6.92 Å². The Morgan fingerprint density at radius 3 is 2.50 bits per heavy atom. The van der Waals surface area contributed by atoms with Crippen molar-refractivity contribution in [3.8, 4) is 0 Å². The summed E-state index contributed by atoms with van der Waals surface area (Å²) in [5, 5.41) is 4.20. The maximum absolute atomic E-state index is 5.71. The van der Waals surface area contributed by atoms with Crippen molar-refractivity contribution in [2.24, 2.45) is 0 Å². The van der Waals surface area contributed by atoms with Crippen LogP contribution in [0.4, 0.5) is 5.95 Å². The number of aryl methyl sites for hydroxylation is 1. The van der Waals surface area contributed by atoms with Gasteiger partial charge >= 0.3 is 0 Å². The Bertz CT molecular complexity index is 525. The largest absolute Gasteiger partial charge is 0.345 e. The standard InChI is InChI=1S/C10H11Cl2N5S/c1-3-6-4-13-7(18-6)5(2)14-10-16-8(11)15-9(12)17-10/h4-5H,3H2,1-2H3,(H,14,15,16,17). The minimum Gasteiger partial charge on any atom is -0.345 e. The Hall–Kier alpha value is -0.980. The van der Waals surface area contributed by atoms with Crippen molar-refractivity contribution in [3.63, 3.8) is 0 Å². The number of anilines is 1. The van der Waals surface area contributed by atoms with Crippen molar-refractivity contribution in [2.75, 3.05) is 5.32 Å². The summed E-state index contributed by atoms with van der Waals surface area (Å²) in [6, 6.07) is -0.00941. The maximum atomic E-state index is 5.71. The molecule has 0 aromatic carbocycles. The van der Waals surface area contributed by atoms with Gasteiger partial charge in [-0.3, -0.25) is 0 Å². The van der Waals surface area contributed by atoms with Gasteiger partial charge in [0.15, 0.2) is 0 Å². The summed E-state index contributed by atoms with van der Waals surface area (Å²) < 4.78 is 0. The van der Waals surface area contributed by atoms with Crippen molar-refractivity contribution < 1.29 is 0 Å². The highest BCUT2D eigenvalue weighted by molar-refractivity contribution is 7.11. The predicted molar refractivity (Wildman–Crippen MR) is 73.4 cm³/mol. The van der Waals surface area contributed by atoms with Gasteiger partial charge in [-0.2, -0.15) is 15.0 Å². The molecule has 0 aliphatic rings. The van der Waals surface area contributed by atoms with E-state index >= 15 is 0 Å². The van der Waals surface area contributed by atoms with Crippen LogP contribution < -0.4 is 5.32 Å². The minimum absolute atomic E-state index is 0.00941. The Labute approximate surface area is 119 Å². The van der Waals surface area contributed by atoms with E-state index < -0.39 is 0 Å². The number of rotatable bonds is 4. The van der Waals surface area contributed by atoms with Crippen molar-refractivity contribution in [1.29, 1.82) is 0 Å². The lowest BCUT2D eigenvalue weighted by atomic mass is 10.3. The number of aromatic nitrogens is 4. The molecule has 2 aromatic rings. The van der Waals surface area contributed by atoms with E-state index in [2.05, 4.69) is 32.2 Å². The van der Waals surface area contributed by atoms with Crippen LogP contribution in [-0.2, 0) is 6.42 Å². The van der Waals surface area contributed by atoms with E-state index in [9.17, 15) is 0 Å². The summed E-state index contributed by atoms with van der Waals surface area (Å²) in [6.45, 7) is 4.07. The van der Waals surface area contributed by atoms with Gasteiger partial charge in [-0.25, -0.2) is 4.98 Å². The molecule has 2 heterocycles. The number of hydrogen-bond donors (Lipinski definition) is 1. The zero-order valence-corrected chi connectivity index (χ0v) is 12.1. The molecule has 18 heavy (non-hydrogen) atoms. The van der Waals surface area contributed by atoms with Crippen LogP contribution in [0.15, 0.2) is 6.20 Å². The Morgan fingerprint density at radius 2 is 1.94 bits per heavy atom. The number of halogens is 2. The molecule has 8 heteroatoms. The van der Waals surface area contributed by atoms with Gasteiger partial charge in [-0.05, 0) is 36.5 Å². The predicted octanol–water partition coefficient (Wildman–Crippen LogP) is 3.37. The first kappa shape index (κ1) is 13.5. The highest BCUT2D eigenvalue weighted by Crippen LogP contribution is 2.23. The van der Waals surface area contributed by atoms with E-state index in [1.165, 1.54) is 4.88 Å². The molecule has 0 fully saturated rings.